The van der Waals surface area contributed by atoms with Gasteiger partial charge in [0.25, 0.3) is 11.6 Å². The van der Waals surface area contributed by atoms with Gasteiger partial charge in [-0.3, -0.25) is 14.9 Å². The number of aromatic nitrogens is 2. The van der Waals surface area contributed by atoms with Crippen LogP contribution in [0.25, 0.3) is 17.1 Å². The molecule has 3 aromatic rings. The Labute approximate surface area is 149 Å². The first kappa shape index (κ1) is 17.4. The first-order valence-electron chi connectivity index (χ1n) is 7.96. The molecular weight excluding hydrogens is 336 g/mol. The van der Waals surface area contributed by atoms with E-state index in [-0.39, 0.29) is 17.3 Å². The molecule has 0 bridgehead atoms. The second-order valence-corrected chi connectivity index (χ2v) is 6.79. The molecule has 2 aromatic heterocycles. The molecule has 3 rings (SSSR count). The van der Waals surface area contributed by atoms with Crippen molar-refractivity contribution in [3.8, 4) is 17.1 Å². The summed E-state index contributed by atoms with van der Waals surface area (Å²) in [7, 11) is 0. The van der Waals surface area contributed by atoms with E-state index in [1.54, 1.807) is 30.3 Å². The molecule has 134 valence electrons. The summed E-state index contributed by atoms with van der Waals surface area (Å²) in [5, 5.41) is 18.4. The van der Waals surface area contributed by atoms with Crippen LogP contribution < -0.4 is 5.32 Å². The fourth-order valence-electron chi connectivity index (χ4n) is 2.43. The van der Waals surface area contributed by atoms with E-state index in [4.69, 9.17) is 4.42 Å². The van der Waals surface area contributed by atoms with Gasteiger partial charge < -0.3 is 9.73 Å². The van der Waals surface area contributed by atoms with Crippen LogP contribution in [0.4, 0.5) is 5.69 Å². The monoisotopic (exact) mass is 354 g/mol. The molecule has 0 spiro atoms. The lowest BCUT2D eigenvalue weighted by atomic mass is 10.1. The number of rotatable bonds is 4. The SMILES string of the molecule is CC(C)(C)NC(=O)c1cc(-c2ccco2)nn1-c1cccc([N+](=O)[O-])c1. The third-order valence-corrected chi connectivity index (χ3v) is 3.49. The summed E-state index contributed by atoms with van der Waals surface area (Å²) in [6, 6.07) is 11.0. The van der Waals surface area contributed by atoms with E-state index in [0.29, 0.717) is 17.1 Å². The summed E-state index contributed by atoms with van der Waals surface area (Å²) < 4.78 is 6.73. The van der Waals surface area contributed by atoms with Gasteiger partial charge in [0.1, 0.15) is 11.4 Å². The molecule has 0 saturated heterocycles. The fraction of sp³-hybridized carbons (Fsp3) is 0.222. The Morgan fingerprint density at radius 3 is 2.62 bits per heavy atom. The molecule has 26 heavy (non-hydrogen) atoms. The maximum absolute atomic E-state index is 12.7. The van der Waals surface area contributed by atoms with Crippen molar-refractivity contribution in [3.63, 3.8) is 0 Å². The minimum atomic E-state index is -0.491. The number of carbonyl (C=O) groups excluding carboxylic acids is 1. The standard InChI is InChI=1S/C18H18N4O4/c1-18(2,3)19-17(23)15-11-14(16-8-5-9-26-16)20-21(15)12-6-4-7-13(10-12)22(24)25/h4-11H,1-3H3,(H,19,23). The van der Waals surface area contributed by atoms with E-state index in [9.17, 15) is 14.9 Å². The van der Waals surface area contributed by atoms with E-state index < -0.39 is 10.5 Å². The normalized spacial score (nSPS) is 11.3. The molecule has 0 radical (unpaired) electrons. The number of hydrogen-bond acceptors (Lipinski definition) is 5. The van der Waals surface area contributed by atoms with Crippen molar-refractivity contribution in [2.75, 3.05) is 0 Å². The Hall–Kier alpha value is -3.42. The molecule has 1 amide bonds. The smallest absolute Gasteiger partial charge is 0.271 e. The summed E-state index contributed by atoms with van der Waals surface area (Å²) >= 11 is 0. The van der Waals surface area contributed by atoms with Crippen molar-refractivity contribution >= 4 is 11.6 Å². The number of benzene rings is 1. The van der Waals surface area contributed by atoms with Gasteiger partial charge in [0.05, 0.1) is 16.9 Å². The topological polar surface area (TPSA) is 103 Å². The van der Waals surface area contributed by atoms with Gasteiger partial charge in [0, 0.05) is 23.7 Å². The van der Waals surface area contributed by atoms with E-state index in [1.165, 1.54) is 23.1 Å². The zero-order valence-corrected chi connectivity index (χ0v) is 14.6. The van der Waals surface area contributed by atoms with Crippen LogP contribution in [-0.4, -0.2) is 26.1 Å². The number of furan rings is 1. The van der Waals surface area contributed by atoms with Gasteiger partial charge in [-0.05, 0) is 39.0 Å². The Balaban J connectivity index is 2.12. The highest BCUT2D eigenvalue weighted by atomic mass is 16.6. The van der Waals surface area contributed by atoms with Crippen LogP contribution in [0.5, 0.6) is 0 Å². The number of carbonyl (C=O) groups is 1. The Bertz CT molecular complexity index is 952. The maximum atomic E-state index is 12.7. The van der Waals surface area contributed by atoms with Crippen molar-refractivity contribution in [2.24, 2.45) is 0 Å². The van der Waals surface area contributed by atoms with Crippen molar-refractivity contribution < 1.29 is 14.1 Å². The van der Waals surface area contributed by atoms with Gasteiger partial charge in [0.15, 0.2) is 5.76 Å². The molecule has 0 saturated carbocycles. The average Bonchev–Trinajstić information content (AvgIpc) is 3.22. The van der Waals surface area contributed by atoms with Crippen molar-refractivity contribution in [1.29, 1.82) is 0 Å². The van der Waals surface area contributed by atoms with Crippen LogP contribution in [0.15, 0.2) is 53.1 Å². The maximum Gasteiger partial charge on any atom is 0.271 e. The van der Waals surface area contributed by atoms with Crippen molar-refractivity contribution in [1.82, 2.24) is 15.1 Å². The first-order valence-corrected chi connectivity index (χ1v) is 7.96. The van der Waals surface area contributed by atoms with Gasteiger partial charge in [-0.15, -0.1) is 0 Å². The zero-order chi connectivity index (χ0) is 18.9. The molecule has 1 N–H and O–H groups in total. The van der Waals surface area contributed by atoms with Crippen molar-refractivity contribution in [3.05, 3.63) is 64.5 Å². The molecule has 8 heteroatoms. The molecule has 1 aromatic carbocycles. The molecule has 0 atom stereocenters. The van der Waals surface area contributed by atoms with Gasteiger partial charge in [-0.2, -0.15) is 5.10 Å². The molecule has 0 aliphatic rings. The van der Waals surface area contributed by atoms with Crippen LogP contribution in [0.1, 0.15) is 31.3 Å². The Morgan fingerprint density at radius 2 is 2.00 bits per heavy atom. The first-order chi connectivity index (χ1) is 12.2. The van der Waals surface area contributed by atoms with Gasteiger partial charge in [-0.25, -0.2) is 4.68 Å². The highest BCUT2D eigenvalue weighted by Crippen LogP contribution is 2.24. The minimum Gasteiger partial charge on any atom is -0.463 e. The predicted molar refractivity (Wildman–Crippen MR) is 95.1 cm³/mol. The zero-order valence-electron chi connectivity index (χ0n) is 14.6. The number of nitrogens with zero attached hydrogens (tertiary/aromatic N) is 3. The molecule has 0 fully saturated rings. The van der Waals surface area contributed by atoms with Gasteiger partial charge >= 0.3 is 0 Å². The third-order valence-electron chi connectivity index (χ3n) is 3.49. The quantitative estimate of drug-likeness (QED) is 0.570. The number of nitrogens with one attached hydrogen (secondary N) is 1. The summed E-state index contributed by atoms with van der Waals surface area (Å²) in [6.07, 6.45) is 1.51. The number of nitro benzene ring substituents is 1. The Kier molecular flexibility index (Phi) is 4.33. The second kappa shape index (κ2) is 6.47. The highest BCUT2D eigenvalue weighted by molar-refractivity contribution is 5.94. The molecule has 0 aliphatic heterocycles. The predicted octanol–water partition coefficient (Wildman–Crippen LogP) is 3.57. The summed E-state index contributed by atoms with van der Waals surface area (Å²) in [5.41, 5.74) is 0.600. The van der Waals surface area contributed by atoms with E-state index in [1.807, 2.05) is 20.8 Å². The fourth-order valence-corrected chi connectivity index (χ4v) is 2.43. The minimum absolute atomic E-state index is 0.0836. The van der Waals surface area contributed by atoms with Crippen molar-refractivity contribution in [2.45, 2.75) is 26.3 Å². The van der Waals surface area contributed by atoms with Gasteiger partial charge in [-0.1, -0.05) is 6.07 Å². The lowest BCUT2D eigenvalue weighted by molar-refractivity contribution is -0.384. The lowest BCUT2D eigenvalue weighted by Gasteiger charge is -2.20. The van der Waals surface area contributed by atoms with Crippen LogP contribution >= 0.6 is 0 Å². The summed E-state index contributed by atoms with van der Waals surface area (Å²) in [6.45, 7) is 5.60. The molecular formula is C18H18N4O4. The van der Waals surface area contributed by atoms with Crippen LogP contribution in [0.2, 0.25) is 0 Å². The van der Waals surface area contributed by atoms with Crippen LogP contribution in [0, 0.1) is 10.1 Å². The summed E-state index contributed by atoms with van der Waals surface area (Å²) in [4.78, 5) is 23.3. The molecule has 0 unspecified atom stereocenters. The van der Waals surface area contributed by atoms with E-state index in [0.717, 1.165) is 0 Å². The Morgan fingerprint density at radius 1 is 1.23 bits per heavy atom. The largest absolute Gasteiger partial charge is 0.463 e. The molecule has 0 aliphatic carbocycles. The number of non-ortho nitro benzene ring substituents is 1. The number of amides is 1. The lowest BCUT2D eigenvalue weighted by Crippen LogP contribution is -2.41. The second-order valence-electron chi connectivity index (χ2n) is 6.79. The van der Waals surface area contributed by atoms with Crippen LogP contribution in [0.3, 0.4) is 0 Å². The number of hydrogen-bond donors (Lipinski definition) is 1. The van der Waals surface area contributed by atoms with Crippen LogP contribution in [-0.2, 0) is 0 Å². The number of nitro groups is 1. The molecule has 2 heterocycles. The van der Waals surface area contributed by atoms with E-state index >= 15 is 0 Å². The van der Waals surface area contributed by atoms with E-state index in [2.05, 4.69) is 10.4 Å². The summed E-state index contributed by atoms with van der Waals surface area (Å²) in [5.74, 6) is 0.160. The average molecular weight is 354 g/mol. The highest BCUT2D eigenvalue weighted by Gasteiger charge is 2.23. The third kappa shape index (κ3) is 3.64. The van der Waals surface area contributed by atoms with Gasteiger partial charge in [0.2, 0.25) is 0 Å². The molecule has 8 nitrogen and oxygen atoms in total.